The summed E-state index contributed by atoms with van der Waals surface area (Å²) in [4.78, 5) is 11.0. The standard InChI is InChI=1S/C16H15Br2NO3/c1-2-22-15-13(17)6-10(7-14(15)18)9-19-12-5-3-4-11(8-12)16(20)21/h3-8,19H,2,9H2,1H3,(H,20,21). The third-order valence-corrected chi connectivity index (χ3v) is 4.13. The zero-order valence-electron chi connectivity index (χ0n) is 11.9. The minimum absolute atomic E-state index is 0.263. The van der Waals surface area contributed by atoms with E-state index in [2.05, 4.69) is 37.2 Å². The summed E-state index contributed by atoms with van der Waals surface area (Å²) in [6.45, 7) is 3.10. The molecule has 0 unspecified atom stereocenters. The van der Waals surface area contributed by atoms with E-state index in [1.807, 2.05) is 25.1 Å². The predicted molar refractivity (Wildman–Crippen MR) is 93.7 cm³/mol. The van der Waals surface area contributed by atoms with E-state index in [4.69, 9.17) is 9.84 Å². The summed E-state index contributed by atoms with van der Waals surface area (Å²) in [5.74, 6) is -0.158. The Balaban J connectivity index is 2.12. The molecule has 6 heteroatoms. The van der Waals surface area contributed by atoms with Gasteiger partial charge in [-0.1, -0.05) is 6.07 Å². The Kier molecular flexibility index (Phi) is 5.85. The number of nitrogens with one attached hydrogen (secondary N) is 1. The van der Waals surface area contributed by atoms with Crippen LogP contribution in [0.2, 0.25) is 0 Å². The molecule has 0 saturated carbocycles. The number of carbonyl (C=O) groups is 1. The molecule has 0 amide bonds. The van der Waals surface area contributed by atoms with E-state index in [-0.39, 0.29) is 5.56 Å². The van der Waals surface area contributed by atoms with Crippen LogP contribution in [0.5, 0.6) is 5.75 Å². The van der Waals surface area contributed by atoms with Crippen LogP contribution in [-0.2, 0) is 6.54 Å². The first-order valence-corrected chi connectivity index (χ1v) is 8.27. The maximum atomic E-state index is 11.0. The summed E-state index contributed by atoms with van der Waals surface area (Å²) in [6, 6.07) is 10.7. The van der Waals surface area contributed by atoms with Crippen molar-refractivity contribution in [2.45, 2.75) is 13.5 Å². The number of halogens is 2. The molecule has 0 saturated heterocycles. The van der Waals surface area contributed by atoms with E-state index in [9.17, 15) is 4.79 Å². The second kappa shape index (κ2) is 7.65. The largest absolute Gasteiger partial charge is 0.492 e. The van der Waals surface area contributed by atoms with Crippen molar-refractivity contribution in [2.75, 3.05) is 11.9 Å². The van der Waals surface area contributed by atoms with Gasteiger partial charge in [-0.3, -0.25) is 0 Å². The molecule has 0 aliphatic rings. The zero-order valence-corrected chi connectivity index (χ0v) is 15.1. The van der Waals surface area contributed by atoms with Gasteiger partial charge in [0, 0.05) is 12.2 Å². The van der Waals surface area contributed by atoms with Gasteiger partial charge in [-0.25, -0.2) is 4.79 Å². The highest BCUT2D eigenvalue weighted by atomic mass is 79.9. The predicted octanol–water partition coefficient (Wildman–Crippen LogP) is 4.92. The molecule has 22 heavy (non-hydrogen) atoms. The lowest BCUT2D eigenvalue weighted by atomic mass is 10.2. The smallest absolute Gasteiger partial charge is 0.335 e. The van der Waals surface area contributed by atoms with E-state index in [0.29, 0.717) is 13.2 Å². The molecule has 0 aliphatic carbocycles. The second-order valence-electron chi connectivity index (χ2n) is 4.56. The van der Waals surface area contributed by atoms with Gasteiger partial charge >= 0.3 is 5.97 Å². The highest BCUT2D eigenvalue weighted by molar-refractivity contribution is 9.11. The van der Waals surface area contributed by atoms with Crippen LogP contribution in [-0.4, -0.2) is 17.7 Å². The summed E-state index contributed by atoms with van der Waals surface area (Å²) >= 11 is 6.99. The van der Waals surface area contributed by atoms with Crippen molar-refractivity contribution in [3.8, 4) is 5.75 Å². The van der Waals surface area contributed by atoms with Crippen LogP contribution in [0.1, 0.15) is 22.8 Å². The number of carboxylic acids is 1. The number of aromatic carboxylic acids is 1. The van der Waals surface area contributed by atoms with Crippen molar-refractivity contribution in [2.24, 2.45) is 0 Å². The van der Waals surface area contributed by atoms with Crippen molar-refractivity contribution < 1.29 is 14.6 Å². The molecule has 0 aromatic heterocycles. The molecule has 2 rings (SSSR count). The Bertz CT molecular complexity index is 666. The number of carboxylic acid groups (broad SMARTS) is 1. The van der Waals surface area contributed by atoms with E-state index in [1.54, 1.807) is 18.2 Å². The molecule has 2 N–H and O–H groups in total. The molecule has 0 fully saturated rings. The molecule has 2 aromatic rings. The summed E-state index contributed by atoms with van der Waals surface area (Å²) in [5.41, 5.74) is 2.07. The molecule has 2 aromatic carbocycles. The van der Waals surface area contributed by atoms with Crippen LogP contribution in [0.25, 0.3) is 0 Å². The first kappa shape index (κ1) is 16.8. The molecule has 4 nitrogen and oxygen atoms in total. The number of ether oxygens (including phenoxy) is 1. The van der Waals surface area contributed by atoms with Gasteiger partial charge in [-0.2, -0.15) is 0 Å². The van der Waals surface area contributed by atoms with Gasteiger partial charge < -0.3 is 15.2 Å². The quantitative estimate of drug-likeness (QED) is 0.685. The molecule has 0 bridgehead atoms. The minimum Gasteiger partial charge on any atom is -0.492 e. The zero-order chi connectivity index (χ0) is 16.1. The number of hydrogen-bond donors (Lipinski definition) is 2. The topological polar surface area (TPSA) is 58.6 Å². The Morgan fingerprint density at radius 1 is 1.23 bits per heavy atom. The summed E-state index contributed by atoms with van der Waals surface area (Å²) in [6.07, 6.45) is 0. The Morgan fingerprint density at radius 3 is 2.50 bits per heavy atom. The fraction of sp³-hybridized carbons (Fsp3) is 0.188. The highest BCUT2D eigenvalue weighted by Crippen LogP contribution is 2.35. The first-order valence-electron chi connectivity index (χ1n) is 6.69. The minimum atomic E-state index is -0.935. The van der Waals surface area contributed by atoms with Crippen molar-refractivity contribution in [1.82, 2.24) is 0 Å². The number of hydrogen-bond acceptors (Lipinski definition) is 3. The van der Waals surface area contributed by atoms with Gasteiger partial charge in [0.1, 0.15) is 5.75 Å². The Hall–Kier alpha value is -1.53. The lowest BCUT2D eigenvalue weighted by Crippen LogP contribution is -2.03. The van der Waals surface area contributed by atoms with E-state index >= 15 is 0 Å². The molecule has 0 heterocycles. The number of anilines is 1. The van der Waals surface area contributed by atoms with Crippen LogP contribution in [0.3, 0.4) is 0 Å². The van der Waals surface area contributed by atoms with Gasteiger partial charge in [0.25, 0.3) is 0 Å². The highest BCUT2D eigenvalue weighted by Gasteiger charge is 2.09. The van der Waals surface area contributed by atoms with Gasteiger partial charge in [-0.15, -0.1) is 0 Å². The first-order chi connectivity index (χ1) is 10.5. The number of benzene rings is 2. The number of rotatable bonds is 6. The fourth-order valence-corrected chi connectivity index (χ4v) is 3.47. The normalized spacial score (nSPS) is 10.3. The SMILES string of the molecule is CCOc1c(Br)cc(CNc2cccc(C(=O)O)c2)cc1Br. The molecule has 0 spiro atoms. The van der Waals surface area contributed by atoms with Gasteiger partial charge in [0.2, 0.25) is 0 Å². The average Bonchev–Trinajstić information content (AvgIpc) is 2.49. The molecular formula is C16H15Br2NO3. The Labute approximate surface area is 145 Å². The lowest BCUT2D eigenvalue weighted by Gasteiger charge is -2.12. The summed E-state index contributed by atoms with van der Waals surface area (Å²) in [5, 5.41) is 12.2. The van der Waals surface area contributed by atoms with Crippen LogP contribution >= 0.6 is 31.9 Å². The van der Waals surface area contributed by atoms with E-state index in [0.717, 1.165) is 25.9 Å². The molecule has 116 valence electrons. The molecular weight excluding hydrogens is 414 g/mol. The van der Waals surface area contributed by atoms with Gasteiger partial charge in [-0.05, 0) is 74.7 Å². The van der Waals surface area contributed by atoms with Crippen molar-refractivity contribution in [1.29, 1.82) is 0 Å². The third-order valence-electron chi connectivity index (χ3n) is 2.95. The molecule has 0 aliphatic heterocycles. The summed E-state index contributed by atoms with van der Waals surface area (Å²) in [7, 11) is 0. The van der Waals surface area contributed by atoms with Gasteiger partial charge in [0.05, 0.1) is 21.1 Å². The van der Waals surface area contributed by atoms with Crippen molar-refractivity contribution >= 4 is 43.5 Å². The van der Waals surface area contributed by atoms with Crippen LogP contribution in [0.4, 0.5) is 5.69 Å². The molecule has 0 atom stereocenters. The van der Waals surface area contributed by atoms with Crippen molar-refractivity contribution in [3.05, 3.63) is 56.5 Å². The fourth-order valence-electron chi connectivity index (χ4n) is 1.96. The molecule has 0 radical (unpaired) electrons. The van der Waals surface area contributed by atoms with Gasteiger partial charge in [0.15, 0.2) is 0 Å². The summed E-state index contributed by atoms with van der Waals surface area (Å²) < 4.78 is 7.30. The maximum Gasteiger partial charge on any atom is 0.335 e. The monoisotopic (exact) mass is 427 g/mol. The van der Waals surface area contributed by atoms with Crippen molar-refractivity contribution in [3.63, 3.8) is 0 Å². The third kappa shape index (κ3) is 4.24. The lowest BCUT2D eigenvalue weighted by molar-refractivity contribution is 0.0697. The Morgan fingerprint density at radius 2 is 1.91 bits per heavy atom. The van der Waals surface area contributed by atoms with Crippen LogP contribution < -0.4 is 10.1 Å². The maximum absolute atomic E-state index is 11.0. The van der Waals surface area contributed by atoms with Crippen LogP contribution in [0, 0.1) is 0 Å². The second-order valence-corrected chi connectivity index (χ2v) is 6.27. The van der Waals surface area contributed by atoms with E-state index in [1.165, 1.54) is 0 Å². The van der Waals surface area contributed by atoms with Crippen LogP contribution in [0.15, 0.2) is 45.3 Å². The average molecular weight is 429 g/mol. The van der Waals surface area contributed by atoms with E-state index < -0.39 is 5.97 Å².